The fourth-order valence-electron chi connectivity index (χ4n) is 0.616. The minimum absolute atomic E-state index is 0.0440. The van der Waals surface area contributed by atoms with Gasteiger partial charge in [-0.05, 0) is 12.2 Å². The van der Waals surface area contributed by atoms with Crippen LogP contribution in [-0.4, -0.2) is 19.6 Å². The first-order valence-corrected chi connectivity index (χ1v) is 3.48. The molecule has 0 aromatic rings. The van der Waals surface area contributed by atoms with Crippen LogP contribution >= 0.6 is 0 Å². The third-order valence-corrected chi connectivity index (χ3v) is 1.08. The second-order valence-electron chi connectivity index (χ2n) is 2.04. The molecule has 12 heavy (non-hydrogen) atoms. The van der Waals surface area contributed by atoms with Gasteiger partial charge in [0.05, 0.1) is 0 Å². The van der Waals surface area contributed by atoms with E-state index < -0.39 is 0 Å². The van der Waals surface area contributed by atoms with Crippen LogP contribution in [0.2, 0.25) is 0 Å². The van der Waals surface area contributed by atoms with Crippen LogP contribution in [0.1, 0.15) is 0 Å². The maximum absolute atomic E-state index is 10.9. The molecule has 0 aliphatic heterocycles. The second-order valence-corrected chi connectivity index (χ2v) is 2.04. The highest BCUT2D eigenvalue weighted by molar-refractivity contribution is 5.79. The molecule has 0 saturated heterocycles. The summed E-state index contributed by atoms with van der Waals surface area (Å²) in [5, 5.41) is 2.58. The van der Waals surface area contributed by atoms with E-state index in [0.29, 0.717) is 5.70 Å². The van der Waals surface area contributed by atoms with Gasteiger partial charge >= 0.3 is 0 Å². The average Bonchev–Trinajstić information content (AvgIpc) is 2.04. The summed E-state index contributed by atoms with van der Waals surface area (Å²) in [5.41, 5.74) is 0.618. The standard InChI is InChI=1S/C9H13NO2/c1-4-6-8(5-2)10-9(11)7-12-3/h4-6H,1-2,7H2,3H3,(H,10,11)/b8-6+. The number of allylic oxidation sites excluding steroid dienone is 3. The molecule has 1 N–H and O–H groups in total. The predicted molar refractivity (Wildman–Crippen MR) is 48.5 cm³/mol. The van der Waals surface area contributed by atoms with Gasteiger partial charge in [0.1, 0.15) is 6.61 Å². The summed E-state index contributed by atoms with van der Waals surface area (Å²) in [5.74, 6) is -0.203. The number of nitrogens with one attached hydrogen (secondary N) is 1. The fourth-order valence-corrected chi connectivity index (χ4v) is 0.616. The normalized spacial score (nSPS) is 10.6. The van der Waals surface area contributed by atoms with Crippen molar-refractivity contribution in [3.63, 3.8) is 0 Å². The molecular formula is C9H13NO2. The third-order valence-electron chi connectivity index (χ3n) is 1.08. The highest BCUT2D eigenvalue weighted by Crippen LogP contribution is 1.89. The predicted octanol–water partition coefficient (Wildman–Crippen LogP) is 1.00. The Morgan fingerprint density at radius 1 is 1.58 bits per heavy atom. The maximum atomic E-state index is 10.9. The summed E-state index contributed by atoms with van der Waals surface area (Å²) in [7, 11) is 1.46. The summed E-state index contributed by atoms with van der Waals surface area (Å²) in [6.45, 7) is 7.06. The Balaban J connectivity index is 4.02. The molecule has 0 atom stereocenters. The number of hydrogen-bond donors (Lipinski definition) is 1. The van der Waals surface area contributed by atoms with Gasteiger partial charge in [0.15, 0.2) is 0 Å². The van der Waals surface area contributed by atoms with E-state index in [4.69, 9.17) is 0 Å². The van der Waals surface area contributed by atoms with Gasteiger partial charge in [-0.2, -0.15) is 0 Å². The fraction of sp³-hybridized carbons (Fsp3) is 0.222. The molecule has 0 radical (unpaired) electrons. The van der Waals surface area contributed by atoms with Crippen molar-refractivity contribution in [2.24, 2.45) is 0 Å². The molecule has 0 bridgehead atoms. The number of ether oxygens (including phenoxy) is 1. The molecule has 66 valence electrons. The first-order valence-electron chi connectivity index (χ1n) is 3.48. The van der Waals surface area contributed by atoms with Crippen LogP contribution < -0.4 is 5.32 Å². The van der Waals surface area contributed by atoms with Crippen molar-refractivity contribution in [2.45, 2.75) is 0 Å². The van der Waals surface area contributed by atoms with Crippen molar-refractivity contribution in [1.29, 1.82) is 0 Å². The Morgan fingerprint density at radius 2 is 2.25 bits per heavy atom. The van der Waals surface area contributed by atoms with Crippen LogP contribution in [0.5, 0.6) is 0 Å². The molecule has 0 aromatic carbocycles. The molecule has 0 fully saturated rings. The molecule has 0 heterocycles. The second kappa shape index (κ2) is 6.37. The Labute approximate surface area is 72.4 Å². The molecule has 0 saturated carbocycles. The Morgan fingerprint density at radius 3 is 2.67 bits per heavy atom. The van der Waals surface area contributed by atoms with E-state index in [2.05, 4.69) is 23.2 Å². The van der Waals surface area contributed by atoms with Crippen molar-refractivity contribution >= 4 is 5.91 Å². The van der Waals surface area contributed by atoms with Crippen molar-refractivity contribution in [1.82, 2.24) is 5.32 Å². The maximum Gasteiger partial charge on any atom is 0.250 e. The van der Waals surface area contributed by atoms with Gasteiger partial charge in [0.2, 0.25) is 5.91 Å². The van der Waals surface area contributed by atoms with Crippen LogP contribution in [0.25, 0.3) is 0 Å². The lowest BCUT2D eigenvalue weighted by atomic mass is 10.3. The molecule has 1 amide bonds. The molecular weight excluding hydrogens is 154 g/mol. The third kappa shape index (κ3) is 4.46. The van der Waals surface area contributed by atoms with Gasteiger partial charge in [-0.1, -0.05) is 19.2 Å². The van der Waals surface area contributed by atoms with Gasteiger partial charge in [-0.3, -0.25) is 4.79 Å². The van der Waals surface area contributed by atoms with Crippen LogP contribution in [-0.2, 0) is 9.53 Å². The molecule has 0 unspecified atom stereocenters. The minimum atomic E-state index is -0.203. The number of amides is 1. The molecule has 0 aliphatic carbocycles. The molecule has 0 aromatic heterocycles. The first kappa shape index (κ1) is 10.7. The topological polar surface area (TPSA) is 38.3 Å². The van der Waals surface area contributed by atoms with Crippen LogP contribution in [0, 0.1) is 0 Å². The largest absolute Gasteiger partial charge is 0.375 e. The highest BCUT2D eigenvalue weighted by Gasteiger charge is 1.99. The van der Waals surface area contributed by atoms with Gasteiger partial charge in [-0.25, -0.2) is 0 Å². The number of rotatable bonds is 5. The highest BCUT2D eigenvalue weighted by atomic mass is 16.5. The van der Waals surface area contributed by atoms with Crippen LogP contribution in [0.4, 0.5) is 0 Å². The molecule has 0 spiro atoms. The SMILES string of the molecule is C=C/C=C(\C=C)NC(=O)COC. The zero-order valence-electron chi connectivity index (χ0n) is 7.17. The van der Waals surface area contributed by atoms with Gasteiger partial charge < -0.3 is 10.1 Å². The van der Waals surface area contributed by atoms with Crippen molar-refractivity contribution in [3.8, 4) is 0 Å². The van der Waals surface area contributed by atoms with E-state index in [9.17, 15) is 4.79 Å². The molecule has 3 heteroatoms. The number of methoxy groups -OCH3 is 1. The smallest absolute Gasteiger partial charge is 0.250 e. The van der Waals surface area contributed by atoms with E-state index in [1.165, 1.54) is 13.2 Å². The summed E-state index contributed by atoms with van der Waals surface area (Å²) < 4.78 is 4.63. The number of carbonyl (C=O) groups is 1. The van der Waals surface area contributed by atoms with E-state index in [1.54, 1.807) is 12.2 Å². The van der Waals surface area contributed by atoms with Crippen LogP contribution in [0.3, 0.4) is 0 Å². The van der Waals surface area contributed by atoms with Crippen molar-refractivity contribution in [3.05, 3.63) is 37.1 Å². The van der Waals surface area contributed by atoms with E-state index in [0.717, 1.165) is 0 Å². The summed E-state index contributed by atoms with van der Waals surface area (Å²) in [6, 6.07) is 0. The Bertz CT molecular complexity index is 207. The van der Waals surface area contributed by atoms with Crippen LogP contribution in [0.15, 0.2) is 37.1 Å². The molecule has 0 rings (SSSR count). The summed E-state index contributed by atoms with van der Waals surface area (Å²) >= 11 is 0. The van der Waals surface area contributed by atoms with E-state index in [-0.39, 0.29) is 12.5 Å². The lowest BCUT2D eigenvalue weighted by Gasteiger charge is -2.03. The zero-order chi connectivity index (χ0) is 9.40. The minimum Gasteiger partial charge on any atom is -0.375 e. The number of hydrogen-bond acceptors (Lipinski definition) is 2. The monoisotopic (exact) mass is 167 g/mol. The van der Waals surface area contributed by atoms with Gasteiger partial charge in [0.25, 0.3) is 0 Å². The average molecular weight is 167 g/mol. The van der Waals surface area contributed by atoms with Crippen molar-refractivity contribution < 1.29 is 9.53 Å². The van der Waals surface area contributed by atoms with E-state index >= 15 is 0 Å². The summed E-state index contributed by atoms with van der Waals surface area (Å²) in [4.78, 5) is 10.9. The lowest BCUT2D eigenvalue weighted by molar-refractivity contribution is -0.123. The van der Waals surface area contributed by atoms with E-state index in [1.807, 2.05) is 0 Å². The Kier molecular flexibility index (Phi) is 5.65. The quantitative estimate of drug-likeness (QED) is 0.620. The number of carbonyl (C=O) groups excluding carboxylic acids is 1. The summed E-state index contributed by atoms with van der Waals surface area (Å²) in [6.07, 6.45) is 4.76. The first-order chi connectivity index (χ1) is 5.74. The lowest BCUT2D eigenvalue weighted by Crippen LogP contribution is -2.25. The molecule has 3 nitrogen and oxygen atoms in total. The zero-order valence-corrected chi connectivity index (χ0v) is 7.17. The van der Waals surface area contributed by atoms with Gasteiger partial charge in [-0.15, -0.1) is 0 Å². The van der Waals surface area contributed by atoms with Gasteiger partial charge in [0, 0.05) is 12.8 Å². The molecule has 0 aliphatic rings. The Hall–Kier alpha value is -1.35. The van der Waals surface area contributed by atoms with Crippen molar-refractivity contribution in [2.75, 3.05) is 13.7 Å².